The molecule has 2 atom stereocenters. The molecule has 2 aromatic carbocycles. The summed E-state index contributed by atoms with van der Waals surface area (Å²) in [5.74, 6) is 1.47. The molecular formula is C29H38ClN3O3. The van der Waals surface area contributed by atoms with Crippen molar-refractivity contribution in [2.75, 3.05) is 33.7 Å². The summed E-state index contributed by atoms with van der Waals surface area (Å²) in [4.78, 5) is 30.8. The van der Waals surface area contributed by atoms with E-state index >= 15 is 0 Å². The molecule has 6 nitrogen and oxygen atoms in total. The van der Waals surface area contributed by atoms with Gasteiger partial charge in [-0.2, -0.15) is 0 Å². The smallest absolute Gasteiger partial charge is 0.410 e. The van der Waals surface area contributed by atoms with Crippen LogP contribution in [-0.2, 0) is 13.0 Å². The minimum atomic E-state index is -0.313. The first-order chi connectivity index (χ1) is 17.0. The zero-order valence-corrected chi connectivity index (χ0v) is 22.3. The number of fused-ring (bicyclic) bond motifs is 4. The van der Waals surface area contributed by atoms with Crippen LogP contribution in [0, 0.1) is 0 Å². The summed E-state index contributed by atoms with van der Waals surface area (Å²) in [6.45, 7) is 3.93. The normalized spacial score (nSPS) is 20.4. The Morgan fingerprint density at radius 1 is 1.00 bits per heavy atom. The third kappa shape index (κ3) is 5.40. The third-order valence-electron chi connectivity index (χ3n) is 8.00. The number of nitrogens with zero attached hydrogens (tertiary/aromatic N) is 3. The van der Waals surface area contributed by atoms with Gasteiger partial charge in [-0.15, -0.1) is 12.4 Å². The lowest BCUT2D eigenvalue weighted by Crippen LogP contribution is -2.36. The molecule has 1 saturated heterocycles. The van der Waals surface area contributed by atoms with E-state index in [4.69, 9.17) is 4.74 Å². The van der Waals surface area contributed by atoms with Crippen LogP contribution in [0.5, 0.6) is 5.75 Å². The van der Waals surface area contributed by atoms with Crippen molar-refractivity contribution in [3.63, 3.8) is 0 Å². The summed E-state index contributed by atoms with van der Waals surface area (Å²) < 4.78 is 5.66. The average molecular weight is 512 g/mol. The van der Waals surface area contributed by atoms with Crippen LogP contribution in [-0.4, -0.2) is 66.5 Å². The Bertz CT molecular complexity index is 1090. The first kappa shape index (κ1) is 26.5. The van der Waals surface area contributed by atoms with E-state index in [1.807, 2.05) is 35.2 Å². The highest BCUT2D eigenvalue weighted by Crippen LogP contribution is 2.44. The van der Waals surface area contributed by atoms with Crippen LogP contribution in [0.2, 0.25) is 0 Å². The number of carbonyl (C=O) groups is 2. The topological polar surface area (TPSA) is 53.1 Å². The monoisotopic (exact) mass is 511 g/mol. The largest absolute Gasteiger partial charge is 0.414 e. The average Bonchev–Trinajstić information content (AvgIpc) is 3.42. The lowest BCUT2D eigenvalue weighted by Gasteiger charge is -2.34. The van der Waals surface area contributed by atoms with Gasteiger partial charge in [0.1, 0.15) is 5.75 Å². The summed E-state index contributed by atoms with van der Waals surface area (Å²) in [6, 6.07) is 14.8. The maximum absolute atomic E-state index is 12.5. The molecule has 0 radical (unpaired) electrons. The molecule has 1 aliphatic carbocycles. The molecule has 2 aromatic rings. The van der Waals surface area contributed by atoms with Crippen molar-refractivity contribution in [3.05, 3.63) is 64.7 Å². The maximum Gasteiger partial charge on any atom is 0.414 e. The molecule has 7 heteroatoms. The summed E-state index contributed by atoms with van der Waals surface area (Å²) in [7, 11) is 3.43. The van der Waals surface area contributed by atoms with Crippen LogP contribution in [0.3, 0.4) is 0 Å². The van der Waals surface area contributed by atoms with Gasteiger partial charge >= 0.3 is 6.09 Å². The van der Waals surface area contributed by atoms with Gasteiger partial charge in [0.2, 0.25) is 0 Å². The van der Waals surface area contributed by atoms with Crippen LogP contribution in [0.4, 0.5) is 4.79 Å². The second-order valence-corrected chi connectivity index (χ2v) is 10.4. The van der Waals surface area contributed by atoms with E-state index in [0.717, 1.165) is 62.3 Å². The predicted molar refractivity (Wildman–Crippen MR) is 144 cm³/mol. The molecule has 0 bridgehead atoms. The number of likely N-dealkylation sites (tertiary alicyclic amines) is 1. The Morgan fingerprint density at radius 2 is 1.78 bits per heavy atom. The van der Waals surface area contributed by atoms with Gasteiger partial charge in [0.15, 0.2) is 0 Å². The van der Waals surface area contributed by atoms with Crippen molar-refractivity contribution >= 4 is 24.4 Å². The highest BCUT2D eigenvalue weighted by atomic mass is 35.5. The Balaban J connectivity index is 0.00000304. The minimum absolute atomic E-state index is 0. The van der Waals surface area contributed by atoms with Gasteiger partial charge in [-0.05, 0) is 74.0 Å². The molecule has 0 saturated carbocycles. The predicted octanol–water partition coefficient (Wildman–Crippen LogP) is 5.49. The Hall–Kier alpha value is -2.57. The van der Waals surface area contributed by atoms with Crippen LogP contribution in [0.25, 0.3) is 0 Å². The summed E-state index contributed by atoms with van der Waals surface area (Å²) in [5.41, 5.74) is 4.65. The molecular weight excluding hydrogens is 474 g/mol. The number of ether oxygens (including phenoxy) is 1. The molecule has 2 heterocycles. The van der Waals surface area contributed by atoms with Crippen molar-refractivity contribution in [2.45, 2.75) is 63.5 Å². The number of halogens is 1. The van der Waals surface area contributed by atoms with E-state index < -0.39 is 0 Å². The summed E-state index contributed by atoms with van der Waals surface area (Å²) in [5, 5.41) is 0. The Kier molecular flexibility index (Phi) is 8.58. The van der Waals surface area contributed by atoms with Gasteiger partial charge in [-0.3, -0.25) is 9.69 Å². The fourth-order valence-electron chi connectivity index (χ4n) is 6.18. The number of amides is 2. The van der Waals surface area contributed by atoms with Gasteiger partial charge in [-0.1, -0.05) is 43.2 Å². The zero-order chi connectivity index (χ0) is 24.4. The summed E-state index contributed by atoms with van der Waals surface area (Å²) >= 11 is 0. The first-order valence-corrected chi connectivity index (χ1v) is 13.1. The van der Waals surface area contributed by atoms with Gasteiger partial charge in [0.05, 0.1) is 0 Å². The van der Waals surface area contributed by atoms with E-state index in [-0.39, 0.29) is 24.4 Å². The van der Waals surface area contributed by atoms with Crippen molar-refractivity contribution < 1.29 is 14.3 Å². The number of hydrogen-bond donors (Lipinski definition) is 0. The molecule has 0 N–H and O–H groups in total. The first-order valence-electron chi connectivity index (χ1n) is 13.1. The highest BCUT2D eigenvalue weighted by Gasteiger charge is 2.39. The quantitative estimate of drug-likeness (QED) is 0.440. The molecule has 2 amide bonds. The van der Waals surface area contributed by atoms with Crippen molar-refractivity contribution in [2.24, 2.45) is 0 Å². The SMILES string of the molecule is CN(C)C(=O)Oc1cccc2c1CC[C@@H]1[C@H]2CCN1CCCCCCN1Cc2ccccc2C1=O.Cl. The molecule has 2 aliphatic heterocycles. The van der Waals surface area contributed by atoms with Gasteiger partial charge in [0.25, 0.3) is 5.91 Å². The van der Waals surface area contributed by atoms with E-state index in [1.54, 1.807) is 14.1 Å². The molecule has 3 aliphatic rings. The summed E-state index contributed by atoms with van der Waals surface area (Å²) in [6.07, 6.45) is 7.64. The van der Waals surface area contributed by atoms with Gasteiger partial charge in [-0.25, -0.2) is 4.79 Å². The standard InChI is InChI=1S/C29H37N3O3.ClH/c1-30(2)29(34)35-27-13-9-12-23-24-16-19-31(26(24)15-14-25(23)27)17-7-3-4-8-18-32-20-21-10-5-6-11-22(21)28(32)33;/h5-6,9-13,24,26H,3-4,7-8,14-20H2,1-2H3;1H/t24-,26+;/m0./s1. The van der Waals surface area contributed by atoms with Crippen molar-refractivity contribution in [1.29, 1.82) is 0 Å². The number of unbranched alkanes of at least 4 members (excludes halogenated alkanes) is 3. The van der Waals surface area contributed by atoms with E-state index in [2.05, 4.69) is 17.0 Å². The molecule has 5 rings (SSSR count). The second kappa shape index (κ2) is 11.7. The third-order valence-corrected chi connectivity index (χ3v) is 8.00. The van der Waals surface area contributed by atoms with E-state index in [9.17, 15) is 9.59 Å². The van der Waals surface area contributed by atoms with Gasteiger partial charge < -0.3 is 14.5 Å². The van der Waals surface area contributed by atoms with Crippen molar-refractivity contribution in [3.8, 4) is 5.75 Å². The molecule has 0 spiro atoms. The van der Waals surface area contributed by atoms with Crippen LogP contribution in [0.15, 0.2) is 42.5 Å². The molecule has 36 heavy (non-hydrogen) atoms. The van der Waals surface area contributed by atoms with Gasteiger partial charge in [0, 0.05) is 44.7 Å². The molecule has 0 unspecified atom stereocenters. The number of hydrogen-bond acceptors (Lipinski definition) is 4. The van der Waals surface area contributed by atoms with Crippen LogP contribution in [0.1, 0.15) is 71.5 Å². The Labute approximate surface area is 221 Å². The minimum Gasteiger partial charge on any atom is -0.410 e. The second-order valence-electron chi connectivity index (χ2n) is 10.4. The van der Waals surface area contributed by atoms with Crippen LogP contribution < -0.4 is 4.74 Å². The van der Waals surface area contributed by atoms with Crippen molar-refractivity contribution in [1.82, 2.24) is 14.7 Å². The lowest BCUT2D eigenvalue weighted by atomic mass is 9.79. The fraction of sp³-hybridized carbons (Fsp3) is 0.517. The number of rotatable bonds is 8. The number of benzene rings is 2. The van der Waals surface area contributed by atoms with Crippen LogP contribution >= 0.6 is 12.4 Å². The van der Waals surface area contributed by atoms with E-state index in [1.165, 1.54) is 41.7 Å². The number of carbonyl (C=O) groups excluding carboxylic acids is 2. The highest BCUT2D eigenvalue weighted by molar-refractivity contribution is 5.98. The zero-order valence-electron chi connectivity index (χ0n) is 21.4. The maximum atomic E-state index is 12.5. The molecule has 0 aromatic heterocycles. The van der Waals surface area contributed by atoms with E-state index in [0.29, 0.717) is 12.0 Å². The fourth-order valence-corrected chi connectivity index (χ4v) is 6.18. The Morgan fingerprint density at radius 3 is 2.56 bits per heavy atom. The molecule has 1 fully saturated rings. The molecule has 194 valence electrons. The lowest BCUT2D eigenvalue weighted by molar-refractivity contribution is 0.0775.